The summed E-state index contributed by atoms with van der Waals surface area (Å²) in [6, 6.07) is 8.91. The van der Waals surface area contributed by atoms with E-state index in [1.807, 2.05) is 12.1 Å². The van der Waals surface area contributed by atoms with Gasteiger partial charge >= 0.3 is 0 Å². The molecular formula is C13H11NO4. The summed E-state index contributed by atoms with van der Waals surface area (Å²) in [4.78, 5) is 4.09. The highest BCUT2D eigenvalue weighted by Gasteiger charge is 2.19. The molecule has 0 atom stereocenters. The second kappa shape index (κ2) is 4.44. The summed E-state index contributed by atoms with van der Waals surface area (Å²) in [5.41, 5.74) is 0. The number of methoxy groups -OCH3 is 1. The number of rotatable bonds is 3. The fourth-order valence-electron chi connectivity index (χ4n) is 1.66. The van der Waals surface area contributed by atoms with Gasteiger partial charge in [0.25, 0.3) is 0 Å². The number of fused-ring (bicyclic) bond motifs is 1. The highest BCUT2D eigenvalue weighted by molar-refractivity contribution is 5.55. The van der Waals surface area contributed by atoms with Gasteiger partial charge in [0.15, 0.2) is 23.0 Å². The van der Waals surface area contributed by atoms with Gasteiger partial charge in [-0.05, 0) is 6.07 Å². The van der Waals surface area contributed by atoms with Gasteiger partial charge in [0.2, 0.25) is 12.7 Å². The quantitative estimate of drug-likeness (QED) is 0.831. The molecule has 0 fully saturated rings. The van der Waals surface area contributed by atoms with Gasteiger partial charge in [0.1, 0.15) is 0 Å². The number of pyridine rings is 1. The van der Waals surface area contributed by atoms with E-state index in [0.717, 1.165) is 0 Å². The molecule has 1 aliphatic rings. The van der Waals surface area contributed by atoms with Crippen molar-refractivity contribution in [1.82, 2.24) is 4.98 Å². The summed E-state index contributed by atoms with van der Waals surface area (Å²) in [5.74, 6) is 2.90. The lowest BCUT2D eigenvalue weighted by Crippen LogP contribution is -1.92. The SMILES string of the molecule is COc1cc2c(cc1Oc1ccccn1)OCO2. The summed E-state index contributed by atoms with van der Waals surface area (Å²) in [6.45, 7) is 0.214. The first-order chi connectivity index (χ1) is 8.86. The van der Waals surface area contributed by atoms with Gasteiger partial charge in [-0.1, -0.05) is 6.07 Å². The fourth-order valence-corrected chi connectivity index (χ4v) is 1.66. The van der Waals surface area contributed by atoms with Crippen LogP contribution in [0.2, 0.25) is 0 Å². The van der Waals surface area contributed by atoms with Crippen LogP contribution >= 0.6 is 0 Å². The van der Waals surface area contributed by atoms with Crippen LogP contribution in [0.5, 0.6) is 28.9 Å². The molecule has 0 spiro atoms. The molecule has 2 aromatic rings. The standard InChI is InChI=1S/C13H11NO4/c1-15-9-6-10-11(17-8-16-10)7-12(9)18-13-4-2-3-5-14-13/h2-7H,8H2,1H3. The van der Waals surface area contributed by atoms with Crippen LogP contribution in [0.25, 0.3) is 0 Å². The Labute approximate surface area is 104 Å². The predicted octanol–water partition coefficient (Wildman–Crippen LogP) is 2.61. The molecule has 1 aliphatic heterocycles. The van der Waals surface area contributed by atoms with Crippen LogP contribution in [0.15, 0.2) is 36.5 Å². The Morgan fingerprint density at radius 2 is 1.89 bits per heavy atom. The maximum atomic E-state index is 5.65. The molecule has 0 unspecified atom stereocenters. The summed E-state index contributed by atoms with van der Waals surface area (Å²) < 4.78 is 21.5. The van der Waals surface area contributed by atoms with Gasteiger partial charge in [-0.15, -0.1) is 0 Å². The van der Waals surface area contributed by atoms with Gasteiger partial charge in [-0.25, -0.2) is 4.98 Å². The second-order valence-corrected chi connectivity index (χ2v) is 3.63. The third kappa shape index (κ3) is 1.90. The highest BCUT2D eigenvalue weighted by Crippen LogP contribution is 2.43. The summed E-state index contributed by atoms with van der Waals surface area (Å²) in [5, 5.41) is 0. The Morgan fingerprint density at radius 1 is 1.11 bits per heavy atom. The molecule has 5 nitrogen and oxygen atoms in total. The Hall–Kier alpha value is -2.43. The zero-order valence-electron chi connectivity index (χ0n) is 9.75. The van der Waals surface area contributed by atoms with E-state index in [4.69, 9.17) is 18.9 Å². The molecule has 3 rings (SSSR count). The third-order valence-electron chi connectivity index (χ3n) is 2.51. The molecule has 0 saturated heterocycles. The maximum absolute atomic E-state index is 5.65. The first kappa shape index (κ1) is 10.7. The fraction of sp³-hybridized carbons (Fsp3) is 0.154. The average molecular weight is 245 g/mol. The predicted molar refractivity (Wildman–Crippen MR) is 63.4 cm³/mol. The van der Waals surface area contributed by atoms with Crippen LogP contribution in [0.1, 0.15) is 0 Å². The van der Waals surface area contributed by atoms with Crippen LogP contribution in [-0.2, 0) is 0 Å². The number of nitrogens with zero attached hydrogens (tertiary/aromatic N) is 1. The van der Waals surface area contributed by atoms with Crippen LogP contribution in [0.4, 0.5) is 0 Å². The van der Waals surface area contributed by atoms with Crippen molar-refractivity contribution in [3.63, 3.8) is 0 Å². The number of hydrogen-bond donors (Lipinski definition) is 0. The summed E-state index contributed by atoms with van der Waals surface area (Å²) in [7, 11) is 1.57. The summed E-state index contributed by atoms with van der Waals surface area (Å²) >= 11 is 0. The van der Waals surface area contributed by atoms with Crippen molar-refractivity contribution in [2.75, 3.05) is 13.9 Å². The normalized spacial score (nSPS) is 12.3. The van der Waals surface area contributed by atoms with Crippen molar-refractivity contribution in [2.45, 2.75) is 0 Å². The molecular weight excluding hydrogens is 234 g/mol. The molecule has 2 heterocycles. The molecule has 1 aromatic heterocycles. The smallest absolute Gasteiger partial charge is 0.231 e. The first-order valence-corrected chi connectivity index (χ1v) is 5.43. The zero-order chi connectivity index (χ0) is 12.4. The Balaban J connectivity index is 1.96. The molecule has 18 heavy (non-hydrogen) atoms. The Kier molecular flexibility index (Phi) is 2.64. The topological polar surface area (TPSA) is 49.8 Å². The number of hydrogen-bond acceptors (Lipinski definition) is 5. The van der Waals surface area contributed by atoms with E-state index in [0.29, 0.717) is 28.9 Å². The molecule has 1 aromatic carbocycles. The number of benzene rings is 1. The van der Waals surface area contributed by atoms with Crippen molar-refractivity contribution >= 4 is 0 Å². The number of aromatic nitrogens is 1. The van der Waals surface area contributed by atoms with Gasteiger partial charge in [0, 0.05) is 24.4 Å². The molecule has 0 amide bonds. The van der Waals surface area contributed by atoms with Crippen molar-refractivity contribution in [1.29, 1.82) is 0 Å². The van der Waals surface area contributed by atoms with Crippen LogP contribution in [0, 0.1) is 0 Å². The van der Waals surface area contributed by atoms with Crippen molar-refractivity contribution in [3.8, 4) is 28.9 Å². The van der Waals surface area contributed by atoms with E-state index in [2.05, 4.69) is 4.98 Å². The lowest BCUT2D eigenvalue weighted by Gasteiger charge is -2.10. The van der Waals surface area contributed by atoms with Crippen LogP contribution in [0.3, 0.4) is 0 Å². The Morgan fingerprint density at radius 3 is 2.56 bits per heavy atom. The maximum Gasteiger partial charge on any atom is 0.231 e. The van der Waals surface area contributed by atoms with E-state index in [-0.39, 0.29) is 6.79 Å². The molecule has 0 radical (unpaired) electrons. The molecule has 0 aliphatic carbocycles. The summed E-state index contributed by atoms with van der Waals surface area (Å²) in [6.07, 6.45) is 1.66. The van der Waals surface area contributed by atoms with Gasteiger partial charge in [-0.3, -0.25) is 0 Å². The van der Waals surface area contributed by atoms with Gasteiger partial charge in [-0.2, -0.15) is 0 Å². The average Bonchev–Trinajstić information content (AvgIpc) is 2.86. The van der Waals surface area contributed by atoms with Crippen LogP contribution < -0.4 is 18.9 Å². The second-order valence-electron chi connectivity index (χ2n) is 3.63. The monoisotopic (exact) mass is 245 g/mol. The minimum absolute atomic E-state index is 0.214. The van der Waals surface area contributed by atoms with E-state index in [1.54, 1.807) is 31.5 Å². The number of ether oxygens (including phenoxy) is 4. The van der Waals surface area contributed by atoms with Crippen molar-refractivity contribution in [3.05, 3.63) is 36.5 Å². The van der Waals surface area contributed by atoms with E-state index in [9.17, 15) is 0 Å². The minimum Gasteiger partial charge on any atom is -0.493 e. The van der Waals surface area contributed by atoms with Gasteiger partial charge < -0.3 is 18.9 Å². The van der Waals surface area contributed by atoms with E-state index >= 15 is 0 Å². The van der Waals surface area contributed by atoms with E-state index < -0.39 is 0 Å². The largest absolute Gasteiger partial charge is 0.493 e. The molecule has 0 N–H and O–H groups in total. The van der Waals surface area contributed by atoms with Crippen molar-refractivity contribution < 1.29 is 18.9 Å². The highest BCUT2D eigenvalue weighted by atomic mass is 16.7. The minimum atomic E-state index is 0.214. The lowest BCUT2D eigenvalue weighted by molar-refractivity contribution is 0.173. The Bertz CT molecular complexity index is 556. The first-order valence-electron chi connectivity index (χ1n) is 5.43. The van der Waals surface area contributed by atoms with Gasteiger partial charge in [0.05, 0.1) is 7.11 Å². The van der Waals surface area contributed by atoms with E-state index in [1.165, 1.54) is 0 Å². The zero-order valence-corrected chi connectivity index (χ0v) is 9.75. The van der Waals surface area contributed by atoms with Crippen molar-refractivity contribution in [2.24, 2.45) is 0 Å². The molecule has 0 bridgehead atoms. The lowest BCUT2D eigenvalue weighted by atomic mass is 10.3. The van der Waals surface area contributed by atoms with Crippen LogP contribution in [-0.4, -0.2) is 18.9 Å². The molecule has 0 saturated carbocycles. The third-order valence-corrected chi connectivity index (χ3v) is 2.51. The molecule has 92 valence electrons. The molecule has 5 heteroatoms.